The van der Waals surface area contributed by atoms with Crippen LogP contribution in [0.4, 0.5) is 14.5 Å². The lowest BCUT2D eigenvalue weighted by atomic mass is 10.1. The average molecular weight is 295 g/mol. The molecule has 2 fully saturated rings. The van der Waals surface area contributed by atoms with Gasteiger partial charge < -0.3 is 15.1 Å². The zero-order valence-electron chi connectivity index (χ0n) is 12.7. The number of anilines is 1. The number of nitrogens with one attached hydrogen (secondary N) is 1. The Kier molecular flexibility index (Phi) is 4.13. The van der Waals surface area contributed by atoms with Crippen molar-refractivity contribution in [2.45, 2.75) is 38.4 Å². The summed E-state index contributed by atoms with van der Waals surface area (Å²) < 4.78 is 28.7. The Bertz CT molecular complexity index is 493. The van der Waals surface area contributed by atoms with Gasteiger partial charge in [0.2, 0.25) is 0 Å². The molecular weight excluding hydrogens is 272 g/mol. The Hall–Kier alpha value is -1.20. The Labute approximate surface area is 124 Å². The van der Waals surface area contributed by atoms with E-state index in [-0.39, 0.29) is 5.69 Å². The standard InChI is InChI=1S/C16H23F2N3/c1-11-10-21(6-5-20(11)2)16-14(17)7-12(8-15(16)18)9-19-13-3-4-13/h7-8,11,13,19H,3-6,9-10H2,1-2H3. The summed E-state index contributed by atoms with van der Waals surface area (Å²) in [6.07, 6.45) is 2.34. The highest BCUT2D eigenvalue weighted by Gasteiger charge is 2.26. The number of likely N-dealkylation sites (N-methyl/N-ethyl adjacent to an activating group) is 1. The van der Waals surface area contributed by atoms with Gasteiger partial charge in [0, 0.05) is 38.3 Å². The van der Waals surface area contributed by atoms with Crippen LogP contribution in [0, 0.1) is 11.6 Å². The molecule has 1 aliphatic heterocycles. The highest BCUT2D eigenvalue weighted by molar-refractivity contribution is 5.51. The SMILES string of the molecule is CC1CN(c2c(F)cc(CNC3CC3)cc2F)CCN1C. The number of hydrogen-bond acceptors (Lipinski definition) is 3. The van der Waals surface area contributed by atoms with Gasteiger partial charge in [0.25, 0.3) is 0 Å². The predicted molar refractivity (Wildman–Crippen MR) is 80.5 cm³/mol. The van der Waals surface area contributed by atoms with Gasteiger partial charge in [-0.05, 0) is 44.5 Å². The molecule has 1 atom stereocenters. The zero-order valence-corrected chi connectivity index (χ0v) is 12.7. The number of nitrogens with zero attached hydrogens (tertiary/aromatic N) is 2. The van der Waals surface area contributed by atoms with Gasteiger partial charge in [-0.1, -0.05) is 0 Å². The lowest BCUT2D eigenvalue weighted by Gasteiger charge is -2.39. The predicted octanol–water partition coefficient (Wildman–Crippen LogP) is 2.36. The van der Waals surface area contributed by atoms with Crippen molar-refractivity contribution in [3.63, 3.8) is 0 Å². The first kappa shape index (κ1) is 14.7. The summed E-state index contributed by atoms with van der Waals surface area (Å²) in [5.74, 6) is -0.890. The van der Waals surface area contributed by atoms with Crippen LogP contribution < -0.4 is 10.2 Å². The Morgan fingerprint density at radius 2 is 1.86 bits per heavy atom. The van der Waals surface area contributed by atoms with Crippen LogP contribution in [-0.2, 0) is 6.54 Å². The first-order valence-corrected chi connectivity index (χ1v) is 7.71. The van der Waals surface area contributed by atoms with E-state index in [1.807, 2.05) is 11.9 Å². The van der Waals surface area contributed by atoms with Crippen molar-refractivity contribution in [1.29, 1.82) is 0 Å². The number of rotatable bonds is 4. The molecule has 1 aliphatic carbocycles. The molecule has 5 heteroatoms. The van der Waals surface area contributed by atoms with Crippen LogP contribution in [0.15, 0.2) is 12.1 Å². The van der Waals surface area contributed by atoms with Gasteiger partial charge in [0.1, 0.15) is 17.3 Å². The molecule has 1 aromatic carbocycles. The van der Waals surface area contributed by atoms with Gasteiger partial charge in [-0.2, -0.15) is 0 Å². The van der Waals surface area contributed by atoms with Crippen molar-refractivity contribution in [3.8, 4) is 0 Å². The van der Waals surface area contributed by atoms with Crippen molar-refractivity contribution in [2.75, 3.05) is 31.6 Å². The minimum Gasteiger partial charge on any atom is -0.364 e. The largest absolute Gasteiger partial charge is 0.364 e. The molecular formula is C16H23F2N3. The van der Waals surface area contributed by atoms with E-state index >= 15 is 0 Å². The number of piperazine rings is 1. The third-order valence-corrected chi connectivity index (χ3v) is 4.52. The third kappa shape index (κ3) is 3.35. The quantitative estimate of drug-likeness (QED) is 0.920. The highest BCUT2D eigenvalue weighted by atomic mass is 19.1. The van der Waals surface area contributed by atoms with Crippen LogP contribution in [-0.4, -0.2) is 43.7 Å². The normalized spacial score (nSPS) is 23.6. The lowest BCUT2D eigenvalue weighted by Crippen LogP contribution is -2.50. The maximum absolute atomic E-state index is 14.3. The average Bonchev–Trinajstić information content (AvgIpc) is 3.24. The Morgan fingerprint density at radius 3 is 2.43 bits per heavy atom. The van der Waals surface area contributed by atoms with E-state index in [2.05, 4.69) is 17.1 Å². The van der Waals surface area contributed by atoms with Gasteiger partial charge in [0.05, 0.1) is 0 Å². The molecule has 3 rings (SSSR count). The van der Waals surface area contributed by atoms with Crippen molar-refractivity contribution >= 4 is 5.69 Å². The number of halogens is 2. The second-order valence-corrected chi connectivity index (χ2v) is 6.34. The summed E-state index contributed by atoms with van der Waals surface area (Å²) in [6.45, 7) is 4.76. The maximum Gasteiger partial charge on any atom is 0.149 e. The molecule has 116 valence electrons. The first-order chi connectivity index (χ1) is 10.0. The van der Waals surface area contributed by atoms with Gasteiger partial charge in [-0.25, -0.2) is 8.78 Å². The zero-order chi connectivity index (χ0) is 15.0. The molecule has 1 unspecified atom stereocenters. The molecule has 3 nitrogen and oxygen atoms in total. The first-order valence-electron chi connectivity index (χ1n) is 7.71. The topological polar surface area (TPSA) is 18.5 Å². The van der Waals surface area contributed by atoms with Crippen LogP contribution in [0.2, 0.25) is 0 Å². The highest BCUT2D eigenvalue weighted by Crippen LogP contribution is 2.27. The van der Waals surface area contributed by atoms with E-state index in [0.29, 0.717) is 37.3 Å². The fourth-order valence-corrected chi connectivity index (χ4v) is 2.82. The van der Waals surface area contributed by atoms with Gasteiger partial charge in [-0.3, -0.25) is 0 Å². The molecule has 1 N–H and O–H groups in total. The third-order valence-electron chi connectivity index (χ3n) is 4.52. The van der Waals surface area contributed by atoms with Crippen LogP contribution >= 0.6 is 0 Å². The molecule has 0 spiro atoms. The second kappa shape index (κ2) is 5.89. The molecule has 1 aromatic rings. The molecule has 1 heterocycles. The molecule has 2 aliphatic rings. The monoisotopic (exact) mass is 295 g/mol. The van der Waals surface area contributed by atoms with Gasteiger partial charge in [-0.15, -0.1) is 0 Å². The fourth-order valence-electron chi connectivity index (χ4n) is 2.82. The summed E-state index contributed by atoms with van der Waals surface area (Å²) in [6, 6.07) is 3.77. The molecule has 0 radical (unpaired) electrons. The second-order valence-electron chi connectivity index (χ2n) is 6.34. The van der Waals surface area contributed by atoms with E-state index < -0.39 is 11.6 Å². The molecule has 1 saturated heterocycles. The van der Waals surface area contributed by atoms with Crippen molar-refractivity contribution in [1.82, 2.24) is 10.2 Å². The summed E-state index contributed by atoms with van der Waals surface area (Å²) in [4.78, 5) is 4.04. The summed E-state index contributed by atoms with van der Waals surface area (Å²) in [5, 5.41) is 3.29. The van der Waals surface area contributed by atoms with E-state index in [4.69, 9.17) is 0 Å². The molecule has 21 heavy (non-hydrogen) atoms. The van der Waals surface area contributed by atoms with Crippen molar-refractivity contribution < 1.29 is 8.78 Å². The van der Waals surface area contributed by atoms with Crippen LogP contribution in [0.5, 0.6) is 0 Å². The van der Waals surface area contributed by atoms with Crippen molar-refractivity contribution in [3.05, 3.63) is 29.3 Å². The molecule has 1 saturated carbocycles. The molecule has 0 aromatic heterocycles. The van der Waals surface area contributed by atoms with Crippen LogP contribution in [0.3, 0.4) is 0 Å². The van der Waals surface area contributed by atoms with Crippen molar-refractivity contribution in [2.24, 2.45) is 0 Å². The lowest BCUT2D eigenvalue weighted by molar-refractivity contribution is 0.232. The molecule has 0 amide bonds. The number of benzene rings is 1. The smallest absolute Gasteiger partial charge is 0.149 e. The van der Waals surface area contributed by atoms with Crippen LogP contribution in [0.1, 0.15) is 25.3 Å². The van der Waals surface area contributed by atoms with Gasteiger partial charge >= 0.3 is 0 Å². The summed E-state index contributed by atoms with van der Waals surface area (Å²) in [7, 11) is 2.04. The van der Waals surface area contributed by atoms with Gasteiger partial charge in [0.15, 0.2) is 0 Å². The molecule has 0 bridgehead atoms. The summed E-state index contributed by atoms with van der Waals surface area (Å²) >= 11 is 0. The van der Waals surface area contributed by atoms with E-state index in [1.165, 1.54) is 25.0 Å². The Morgan fingerprint density at radius 1 is 1.19 bits per heavy atom. The van der Waals surface area contributed by atoms with E-state index in [0.717, 1.165) is 6.54 Å². The fraction of sp³-hybridized carbons (Fsp3) is 0.625. The minimum absolute atomic E-state index is 0.130. The Balaban J connectivity index is 1.75. The number of hydrogen-bond donors (Lipinski definition) is 1. The summed E-state index contributed by atoms with van der Waals surface area (Å²) in [5.41, 5.74) is 0.813. The van der Waals surface area contributed by atoms with E-state index in [1.54, 1.807) is 0 Å². The minimum atomic E-state index is -0.445. The van der Waals surface area contributed by atoms with Crippen LogP contribution in [0.25, 0.3) is 0 Å². The van der Waals surface area contributed by atoms with E-state index in [9.17, 15) is 8.78 Å². The maximum atomic E-state index is 14.3.